The first-order valence-electron chi connectivity index (χ1n) is 10.7. The average Bonchev–Trinajstić information content (AvgIpc) is 2.80. The molecule has 2 aromatic heterocycles. The molecule has 1 aromatic carbocycles. The second-order valence-corrected chi connectivity index (χ2v) is 7.91. The molecule has 0 saturated carbocycles. The van der Waals surface area contributed by atoms with Gasteiger partial charge in [-0.3, -0.25) is 19.1 Å². The van der Waals surface area contributed by atoms with Crippen LogP contribution >= 0.6 is 0 Å². The second kappa shape index (κ2) is 9.85. The lowest BCUT2D eigenvalue weighted by molar-refractivity contribution is 0.0374. The highest BCUT2D eigenvalue weighted by molar-refractivity contribution is 5.96. The number of pyridine rings is 2. The highest BCUT2D eigenvalue weighted by Crippen LogP contribution is 2.13. The molecular weight excluding hydrogens is 392 g/mol. The van der Waals surface area contributed by atoms with E-state index < -0.39 is 0 Å². The SMILES string of the molecule is Cc1ccc(Cn2c(=O)c(C(=O)NCCCN3CCOCC3)cc3cccnc32)cc1. The molecule has 7 heteroatoms. The largest absolute Gasteiger partial charge is 0.379 e. The lowest BCUT2D eigenvalue weighted by atomic mass is 10.1. The highest BCUT2D eigenvalue weighted by atomic mass is 16.5. The Morgan fingerprint density at radius 3 is 2.71 bits per heavy atom. The zero-order valence-electron chi connectivity index (χ0n) is 17.8. The first-order chi connectivity index (χ1) is 15.1. The molecule has 0 spiro atoms. The van der Waals surface area contributed by atoms with Crippen LogP contribution in [0.4, 0.5) is 0 Å². The molecule has 0 unspecified atom stereocenters. The number of aryl methyl sites for hydroxylation is 1. The van der Waals surface area contributed by atoms with Crippen LogP contribution in [0, 0.1) is 6.92 Å². The third-order valence-corrected chi connectivity index (χ3v) is 5.59. The van der Waals surface area contributed by atoms with Crippen molar-refractivity contribution in [2.75, 3.05) is 39.4 Å². The number of ether oxygens (including phenoxy) is 1. The Morgan fingerprint density at radius 2 is 1.94 bits per heavy atom. The predicted octanol–water partition coefficient (Wildman–Crippen LogP) is 2.21. The van der Waals surface area contributed by atoms with Crippen molar-refractivity contribution in [1.29, 1.82) is 0 Å². The summed E-state index contributed by atoms with van der Waals surface area (Å²) < 4.78 is 6.94. The van der Waals surface area contributed by atoms with Crippen molar-refractivity contribution in [1.82, 2.24) is 19.8 Å². The summed E-state index contributed by atoms with van der Waals surface area (Å²) in [6, 6.07) is 13.4. The van der Waals surface area contributed by atoms with Crippen LogP contribution in [0.3, 0.4) is 0 Å². The maximum atomic E-state index is 13.2. The van der Waals surface area contributed by atoms with Gasteiger partial charge in [0.05, 0.1) is 19.8 Å². The number of nitrogens with zero attached hydrogens (tertiary/aromatic N) is 3. The van der Waals surface area contributed by atoms with Crippen molar-refractivity contribution in [3.63, 3.8) is 0 Å². The molecule has 7 nitrogen and oxygen atoms in total. The van der Waals surface area contributed by atoms with E-state index in [1.807, 2.05) is 43.3 Å². The van der Waals surface area contributed by atoms with Crippen LogP contribution < -0.4 is 10.9 Å². The van der Waals surface area contributed by atoms with Crippen LogP contribution in [0.1, 0.15) is 27.9 Å². The summed E-state index contributed by atoms with van der Waals surface area (Å²) in [6.07, 6.45) is 2.50. The second-order valence-electron chi connectivity index (χ2n) is 7.91. The van der Waals surface area contributed by atoms with Crippen LogP contribution in [-0.2, 0) is 11.3 Å². The van der Waals surface area contributed by atoms with Crippen molar-refractivity contribution >= 4 is 16.9 Å². The van der Waals surface area contributed by atoms with Gasteiger partial charge in [-0.05, 0) is 43.7 Å². The van der Waals surface area contributed by atoms with Crippen LogP contribution in [0.5, 0.6) is 0 Å². The minimum absolute atomic E-state index is 0.152. The first-order valence-corrected chi connectivity index (χ1v) is 10.7. The van der Waals surface area contributed by atoms with Crippen LogP contribution in [0.2, 0.25) is 0 Å². The Labute approximate surface area is 181 Å². The third-order valence-electron chi connectivity index (χ3n) is 5.59. The van der Waals surface area contributed by atoms with E-state index in [9.17, 15) is 9.59 Å². The van der Waals surface area contributed by atoms with Crippen molar-refractivity contribution in [3.8, 4) is 0 Å². The number of hydrogen-bond acceptors (Lipinski definition) is 5. The Kier molecular flexibility index (Phi) is 6.74. The van der Waals surface area contributed by atoms with Crippen molar-refractivity contribution in [2.24, 2.45) is 0 Å². The van der Waals surface area contributed by atoms with Gasteiger partial charge in [-0.15, -0.1) is 0 Å². The topological polar surface area (TPSA) is 76.5 Å². The molecule has 1 amide bonds. The van der Waals surface area contributed by atoms with Gasteiger partial charge in [0.1, 0.15) is 11.2 Å². The molecular formula is C24H28N4O3. The molecule has 4 rings (SSSR count). The number of hydrogen-bond donors (Lipinski definition) is 1. The third kappa shape index (κ3) is 5.18. The minimum atomic E-state index is -0.338. The molecule has 0 aliphatic carbocycles. The molecule has 1 aliphatic rings. The van der Waals surface area contributed by atoms with E-state index in [0.717, 1.165) is 55.8 Å². The average molecular weight is 421 g/mol. The number of rotatable bonds is 7. The number of nitrogens with one attached hydrogen (secondary N) is 1. The normalized spacial score (nSPS) is 14.6. The van der Waals surface area contributed by atoms with E-state index in [2.05, 4.69) is 15.2 Å². The minimum Gasteiger partial charge on any atom is -0.379 e. The standard InChI is InChI=1S/C24H28N4O3/c1-18-5-7-19(8-6-18)17-28-22-20(4-2-9-25-22)16-21(24(28)30)23(29)26-10-3-11-27-12-14-31-15-13-27/h2,4-9,16H,3,10-15,17H2,1H3,(H,26,29). The van der Waals surface area contributed by atoms with Crippen LogP contribution in [0.25, 0.3) is 11.0 Å². The van der Waals surface area contributed by atoms with Gasteiger partial charge in [0.25, 0.3) is 11.5 Å². The van der Waals surface area contributed by atoms with Gasteiger partial charge in [0.15, 0.2) is 0 Å². The lowest BCUT2D eigenvalue weighted by Gasteiger charge is -2.26. The van der Waals surface area contributed by atoms with E-state index in [1.165, 1.54) is 0 Å². The predicted molar refractivity (Wildman–Crippen MR) is 120 cm³/mol. The van der Waals surface area contributed by atoms with Gasteiger partial charge in [-0.2, -0.15) is 0 Å². The monoisotopic (exact) mass is 420 g/mol. The number of fused-ring (bicyclic) bond motifs is 1. The number of morpholine rings is 1. The molecule has 1 aliphatic heterocycles. The van der Waals surface area contributed by atoms with E-state index in [1.54, 1.807) is 16.8 Å². The fourth-order valence-electron chi connectivity index (χ4n) is 3.82. The summed E-state index contributed by atoms with van der Waals surface area (Å²) in [7, 11) is 0. The molecule has 0 atom stereocenters. The van der Waals surface area contributed by atoms with Gasteiger partial charge >= 0.3 is 0 Å². The number of benzene rings is 1. The maximum Gasteiger partial charge on any atom is 0.265 e. The molecule has 1 saturated heterocycles. The first kappa shape index (κ1) is 21.2. The zero-order valence-corrected chi connectivity index (χ0v) is 17.8. The number of carbonyl (C=O) groups excluding carboxylic acids is 1. The van der Waals surface area contributed by atoms with E-state index >= 15 is 0 Å². The summed E-state index contributed by atoms with van der Waals surface area (Å²) in [6.45, 7) is 7.20. The Balaban J connectivity index is 1.51. The van der Waals surface area contributed by atoms with Gasteiger partial charge in [-0.25, -0.2) is 4.98 Å². The zero-order chi connectivity index (χ0) is 21.6. The van der Waals surface area contributed by atoms with Gasteiger partial charge in [0, 0.05) is 31.2 Å². The quantitative estimate of drug-likeness (QED) is 0.593. The molecule has 162 valence electrons. The summed E-state index contributed by atoms with van der Waals surface area (Å²) >= 11 is 0. The molecule has 3 heterocycles. The molecule has 1 fully saturated rings. The van der Waals surface area contributed by atoms with Gasteiger partial charge in [0.2, 0.25) is 0 Å². The smallest absolute Gasteiger partial charge is 0.265 e. The summed E-state index contributed by atoms with van der Waals surface area (Å²) in [4.78, 5) is 32.8. The van der Waals surface area contributed by atoms with Crippen molar-refractivity contribution in [3.05, 3.63) is 75.7 Å². The van der Waals surface area contributed by atoms with E-state index in [4.69, 9.17) is 4.74 Å². The molecule has 0 radical (unpaired) electrons. The van der Waals surface area contributed by atoms with E-state index in [-0.39, 0.29) is 17.0 Å². The van der Waals surface area contributed by atoms with Gasteiger partial charge < -0.3 is 10.1 Å². The highest BCUT2D eigenvalue weighted by Gasteiger charge is 2.17. The Bertz CT molecular complexity index is 1100. The summed E-state index contributed by atoms with van der Waals surface area (Å²) in [5.41, 5.74) is 2.56. The lowest BCUT2D eigenvalue weighted by Crippen LogP contribution is -2.38. The number of aromatic nitrogens is 2. The van der Waals surface area contributed by atoms with E-state index in [0.29, 0.717) is 18.7 Å². The van der Waals surface area contributed by atoms with Crippen molar-refractivity contribution < 1.29 is 9.53 Å². The van der Waals surface area contributed by atoms with Gasteiger partial charge in [-0.1, -0.05) is 29.8 Å². The fourth-order valence-corrected chi connectivity index (χ4v) is 3.82. The Hall–Kier alpha value is -3.03. The molecule has 31 heavy (non-hydrogen) atoms. The Morgan fingerprint density at radius 1 is 1.16 bits per heavy atom. The number of amides is 1. The summed E-state index contributed by atoms with van der Waals surface area (Å²) in [5.74, 6) is -0.338. The van der Waals surface area contributed by atoms with Crippen LogP contribution in [-0.4, -0.2) is 59.8 Å². The van der Waals surface area contributed by atoms with Crippen molar-refractivity contribution in [2.45, 2.75) is 19.9 Å². The number of carbonyl (C=O) groups is 1. The molecule has 0 bridgehead atoms. The fraction of sp³-hybridized carbons (Fsp3) is 0.375. The summed E-state index contributed by atoms with van der Waals surface area (Å²) in [5, 5.41) is 3.68. The molecule has 3 aromatic rings. The molecule has 1 N–H and O–H groups in total. The maximum absolute atomic E-state index is 13.2. The van der Waals surface area contributed by atoms with Crippen LogP contribution in [0.15, 0.2) is 53.5 Å².